The van der Waals surface area contributed by atoms with E-state index in [9.17, 15) is 0 Å². The van der Waals surface area contributed by atoms with Gasteiger partial charge in [-0.25, -0.2) is 4.98 Å². The molecule has 0 radical (unpaired) electrons. The molecular weight excluding hydrogens is 242 g/mol. The van der Waals surface area contributed by atoms with Crippen molar-refractivity contribution in [1.82, 2.24) is 9.38 Å². The summed E-state index contributed by atoms with van der Waals surface area (Å²) in [5, 5.41) is 1.15. The maximum Gasteiger partial charge on any atom is 0.138 e. The van der Waals surface area contributed by atoms with Gasteiger partial charge in [-0.3, -0.25) is 0 Å². The molecule has 2 heterocycles. The fourth-order valence-electron chi connectivity index (χ4n) is 1.90. The Hall–Kier alpha value is -1.00. The molecule has 0 aliphatic heterocycles. The molecule has 2 rings (SSSR count). The van der Waals surface area contributed by atoms with Crippen molar-refractivity contribution in [2.24, 2.45) is 11.7 Å². The molecule has 0 saturated carbocycles. The van der Waals surface area contributed by atoms with Gasteiger partial charge in [0, 0.05) is 12.6 Å². The zero-order chi connectivity index (χ0) is 13.0. The molecular formula is C14H21N3S. The highest BCUT2D eigenvalue weighted by atomic mass is 32.2. The minimum absolute atomic E-state index is 0.667. The largest absolute Gasteiger partial charge is 0.330 e. The summed E-state index contributed by atoms with van der Waals surface area (Å²) in [6.45, 7) is 5.18. The van der Waals surface area contributed by atoms with Crippen molar-refractivity contribution in [2.75, 3.05) is 12.3 Å². The maximum atomic E-state index is 5.71. The third-order valence-corrected chi connectivity index (χ3v) is 3.95. The average molecular weight is 263 g/mol. The molecule has 0 aromatic carbocycles. The molecule has 18 heavy (non-hydrogen) atoms. The second-order valence-corrected chi connectivity index (χ2v) is 5.95. The van der Waals surface area contributed by atoms with E-state index in [-0.39, 0.29) is 0 Å². The van der Waals surface area contributed by atoms with Gasteiger partial charge in [-0.15, -0.1) is 11.8 Å². The molecule has 0 unspecified atom stereocenters. The first kappa shape index (κ1) is 13.4. The van der Waals surface area contributed by atoms with Crippen molar-refractivity contribution in [1.29, 1.82) is 0 Å². The highest BCUT2D eigenvalue weighted by molar-refractivity contribution is 7.99. The summed E-state index contributed by atoms with van der Waals surface area (Å²) in [5.74, 6) is 1.87. The number of nitrogens with two attached hydrogens (primary N) is 1. The zero-order valence-electron chi connectivity index (χ0n) is 11.1. The van der Waals surface area contributed by atoms with Gasteiger partial charge in [0.1, 0.15) is 10.7 Å². The van der Waals surface area contributed by atoms with Crippen LogP contribution in [-0.4, -0.2) is 21.7 Å². The second-order valence-electron chi connectivity index (χ2n) is 4.86. The molecule has 98 valence electrons. The first-order valence-electron chi connectivity index (χ1n) is 6.51. The molecule has 0 aliphatic rings. The summed E-state index contributed by atoms with van der Waals surface area (Å²) < 4.78 is 2.16. The number of hydrogen-bond acceptors (Lipinski definition) is 3. The van der Waals surface area contributed by atoms with E-state index < -0.39 is 0 Å². The van der Waals surface area contributed by atoms with E-state index in [1.54, 1.807) is 0 Å². The Bertz CT molecular complexity index is 505. The predicted octanol–water partition coefficient (Wildman–Crippen LogP) is 2.97. The summed E-state index contributed by atoms with van der Waals surface area (Å²) in [5.41, 5.74) is 7.98. The van der Waals surface area contributed by atoms with Crippen molar-refractivity contribution < 1.29 is 0 Å². The van der Waals surface area contributed by atoms with Crippen molar-refractivity contribution in [3.63, 3.8) is 0 Å². The van der Waals surface area contributed by atoms with Gasteiger partial charge in [0.2, 0.25) is 0 Å². The fourth-order valence-corrected chi connectivity index (χ4v) is 3.20. The average Bonchev–Trinajstić information content (AvgIpc) is 2.68. The van der Waals surface area contributed by atoms with E-state index in [1.165, 1.54) is 12.1 Å². The Kier molecular flexibility index (Phi) is 4.66. The molecule has 0 saturated heterocycles. The lowest BCUT2D eigenvalue weighted by Crippen LogP contribution is -2.06. The number of fused-ring (bicyclic) bond motifs is 1. The third-order valence-electron chi connectivity index (χ3n) is 2.91. The first-order valence-corrected chi connectivity index (χ1v) is 7.49. The summed E-state index contributed by atoms with van der Waals surface area (Å²) in [7, 11) is 0. The van der Waals surface area contributed by atoms with Crippen LogP contribution in [-0.2, 0) is 6.42 Å². The standard InChI is InChI=1S/C14H21N3S/c1-11(2)7-10-18-14-12(6-8-15)17-9-4-3-5-13(17)16-14/h3-5,9,11H,6-8,10,15H2,1-2H3. The summed E-state index contributed by atoms with van der Waals surface area (Å²) >= 11 is 1.85. The lowest BCUT2D eigenvalue weighted by Gasteiger charge is -2.05. The fraction of sp³-hybridized carbons (Fsp3) is 0.500. The van der Waals surface area contributed by atoms with Crippen molar-refractivity contribution in [2.45, 2.75) is 31.7 Å². The van der Waals surface area contributed by atoms with Crippen LogP contribution in [0.15, 0.2) is 29.4 Å². The van der Waals surface area contributed by atoms with E-state index in [2.05, 4.69) is 24.4 Å². The van der Waals surface area contributed by atoms with Gasteiger partial charge in [-0.1, -0.05) is 19.9 Å². The van der Waals surface area contributed by atoms with Crippen LogP contribution in [0.1, 0.15) is 26.0 Å². The SMILES string of the molecule is CC(C)CCSc1nc2ccccn2c1CCN. The van der Waals surface area contributed by atoms with Crippen LogP contribution in [0.2, 0.25) is 0 Å². The predicted molar refractivity (Wildman–Crippen MR) is 78.1 cm³/mol. The highest BCUT2D eigenvalue weighted by Gasteiger charge is 2.11. The van der Waals surface area contributed by atoms with E-state index in [0.717, 1.165) is 28.8 Å². The van der Waals surface area contributed by atoms with E-state index in [4.69, 9.17) is 10.7 Å². The highest BCUT2D eigenvalue weighted by Crippen LogP contribution is 2.25. The minimum Gasteiger partial charge on any atom is -0.330 e. The normalized spacial score (nSPS) is 11.6. The van der Waals surface area contributed by atoms with Gasteiger partial charge in [0.15, 0.2) is 0 Å². The number of imidazole rings is 1. The number of rotatable bonds is 6. The first-order chi connectivity index (χ1) is 8.72. The Morgan fingerprint density at radius 3 is 2.94 bits per heavy atom. The summed E-state index contributed by atoms with van der Waals surface area (Å²) in [6, 6.07) is 6.11. The van der Waals surface area contributed by atoms with Crippen LogP contribution in [0.4, 0.5) is 0 Å². The monoisotopic (exact) mass is 263 g/mol. The van der Waals surface area contributed by atoms with Crippen LogP contribution in [0.5, 0.6) is 0 Å². The molecule has 0 atom stereocenters. The smallest absolute Gasteiger partial charge is 0.138 e. The molecule has 2 aromatic rings. The summed E-state index contributed by atoms with van der Waals surface area (Å²) in [6.07, 6.45) is 4.18. The minimum atomic E-state index is 0.667. The van der Waals surface area contributed by atoms with E-state index >= 15 is 0 Å². The summed E-state index contributed by atoms with van der Waals surface area (Å²) in [4.78, 5) is 4.70. The van der Waals surface area contributed by atoms with Gasteiger partial charge in [-0.05, 0) is 36.8 Å². The Morgan fingerprint density at radius 1 is 1.39 bits per heavy atom. The molecule has 2 N–H and O–H groups in total. The molecule has 2 aromatic heterocycles. The maximum absolute atomic E-state index is 5.71. The van der Waals surface area contributed by atoms with Gasteiger partial charge >= 0.3 is 0 Å². The number of aromatic nitrogens is 2. The van der Waals surface area contributed by atoms with Crippen LogP contribution < -0.4 is 5.73 Å². The molecule has 0 fully saturated rings. The van der Waals surface area contributed by atoms with E-state index in [1.807, 2.05) is 30.0 Å². The number of hydrogen-bond donors (Lipinski definition) is 1. The Labute approximate surface area is 113 Å². The van der Waals surface area contributed by atoms with Gasteiger partial charge < -0.3 is 10.1 Å². The second kappa shape index (κ2) is 6.25. The number of pyridine rings is 1. The van der Waals surface area contributed by atoms with Crippen molar-refractivity contribution >= 4 is 17.4 Å². The van der Waals surface area contributed by atoms with Crippen LogP contribution in [0.3, 0.4) is 0 Å². The molecule has 0 bridgehead atoms. The van der Waals surface area contributed by atoms with Crippen molar-refractivity contribution in [3.8, 4) is 0 Å². The topological polar surface area (TPSA) is 43.3 Å². The number of thioether (sulfide) groups is 1. The van der Waals surface area contributed by atoms with Crippen molar-refractivity contribution in [3.05, 3.63) is 30.1 Å². The lowest BCUT2D eigenvalue weighted by atomic mass is 10.2. The molecule has 3 nitrogen and oxygen atoms in total. The van der Waals surface area contributed by atoms with Gasteiger partial charge in [0.25, 0.3) is 0 Å². The van der Waals surface area contributed by atoms with Crippen LogP contribution >= 0.6 is 11.8 Å². The van der Waals surface area contributed by atoms with Crippen LogP contribution in [0.25, 0.3) is 5.65 Å². The molecule has 0 aliphatic carbocycles. The lowest BCUT2D eigenvalue weighted by molar-refractivity contribution is 0.632. The quantitative estimate of drug-likeness (QED) is 0.815. The van der Waals surface area contributed by atoms with Crippen LogP contribution in [0, 0.1) is 5.92 Å². The number of nitrogens with zero attached hydrogens (tertiary/aromatic N) is 2. The molecule has 4 heteroatoms. The van der Waals surface area contributed by atoms with E-state index in [0.29, 0.717) is 6.54 Å². The Balaban J connectivity index is 2.22. The van der Waals surface area contributed by atoms with Gasteiger partial charge in [-0.2, -0.15) is 0 Å². The Morgan fingerprint density at radius 2 is 2.22 bits per heavy atom. The third kappa shape index (κ3) is 3.06. The molecule has 0 amide bonds. The molecule has 0 spiro atoms. The van der Waals surface area contributed by atoms with Gasteiger partial charge in [0.05, 0.1) is 5.69 Å². The zero-order valence-corrected chi connectivity index (χ0v) is 11.9.